The van der Waals surface area contributed by atoms with Crippen LogP contribution in [0.4, 0.5) is 0 Å². The van der Waals surface area contributed by atoms with Gasteiger partial charge in [0.05, 0.1) is 12.7 Å². The smallest absolute Gasteiger partial charge is 0.0636 e. The van der Waals surface area contributed by atoms with E-state index in [2.05, 4.69) is 10.2 Å². The van der Waals surface area contributed by atoms with Gasteiger partial charge in [-0.05, 0) is 32.9 Å². The van der Waals surface area contributed by atoms with Crippen LogP contribution < -0.4 is 5.32 Å². The van der Waals surface area contributed by atoms with Crippen LogP contribution in [0.2, 0.25) is 0 Å². The molecule has 1 heterocycles. The van der Waals surface area contributed by atoms with Crippen molar-refractivity contribution >= 4 is 0 Å². The second-order valence-corrected chi connectivity index (χ2v) is 4.37. The van der Waals surface area contributed by atoms with E-state index in [0.717, 1.165) is 26.2 Å². The molecule has 0 amide bonds. The molecule has 0 bridgehead atoms. The minimum atomic E-state index is -0.239. The number of nitrogens with one attached hydrogen (secondary N) is 1. The fraction of sp³-hybridized carbons (Fsp3) is 1.00. The average molecular weight is 216 g/mol. The number of nitrogens with zero attached hydrogens (tertiary/aromatic N) is 1. The lowest BCUT2D eigenvalue weighted by molar-refractivity contribution is 0.121. The van der Waals surface area contributed by atoms with Gasteiger partial charge in [-0.3, -0.25) is 0 Å². The third-order valence-electron chi connectivity index (χ3n) is 2.90. The first-order chi connectivity index (χ1) is 7.22. The molecule has 2 N–H and O–H groups in total. The SMILES string of the molecule is COCCN1CCC(NCC(C)O)CC1. The number of ether oxygens (including phenoxy) is 1. The van der Waals surface area contributed by atoms with E-state index >= 15 is 0 Å². The molecular formula is C11H24N2O2. The molecule has 0 aliphatic carbocycles. The van der Waals surface area contributed by atoms with E-state index in [4.69, 9.17) is 9.84 Å². The van der Waals surface area contributed by atoms with E-state index in [1.807, 2.05) is 6.92 Å². The fourth-order valence-corrected chi connectivity index (χ4v) is 1.92. The summed E-state index contributed by atoms with van der Waals surface area (Å²) in [7, 11) is 1.75. The predicted octanol–water partition coefficient (Wildman–Crippen LogP) is 0.0676. The molecule has 1 rings (SSSR count). The molecule has 90 valence electrons. The van der Waals surface area contributed by atoms with Crippen LogP contribution in [-0.4, -0.2) is 62.0 Å². The summed E-state index contributed by atoms with van der Waals surface area (Å²) in [5.41, 5.74) is 0. The topological polar surface area (TPSA) is 44.7 Å². The lowest BCUT2D eigenvalue weighted by atomic mass is 10.1. The Morgan fingerprint density at radius 1 is 1.47 bits per heavy atom. The maximum absolute atomic E-state index is 9.16. The number of methoxy groups -OCH3 is 1. The quantitative estimate of drug-likeness (QED) is 0.659. The third kappa shape index (κ3) is 5.47. The maximum atomic E-state index is 9.16. The zero-order valence-electron chi connectivity index (χ0n) is 9.91. The Morgan fingerprint density at radius 3 is 2.67 bits per heavy atom. The number of piperidine rings is 1. The van der Waals surface area contributed by atoms with Crippen molar-refractivity contribution in [2.75, 3.05) is 39.9 Å². The van der Waals surface area contributed by atoms with Crippen molar-refractivity contribution in [2.24, 2.45) is 0 Å². The van der Waals surface area contributed by atoms with Crippen LogP contribution in [0.5, 0.6) is 0 Å². The summed E-state index contributed by atoms with van der Waals surface area (Å²) >= 11 is 0. The molecule has 0 spiro atoms. The van der Waals surface area contributed by atoms with Gasteiger partial charge in [0.15, 0.2) is 0 Å². The first-order valence-corrected chi connectivity index (χ1v) is 5.85. The molecule has 4 nitrogen and oxygen atoms in total. The Hall–Kier alpha value is -0.160. The number of aliphatic hydroxyl groups is 1. The Labute approximate surface area is 92.6 Å². The van der Waals surface area contributed by atoms with E-state index in [1.165, 1.54) is 12.8 Å². The Morgan fingerprint density at radius 2 is 2.13 bits per heavy atom. The van der Waals surface area contributed by atoms with Crippen molar-refractivity contribution < 1.29 is 9.84 Å². The Bertz CT molecular complexity index is 157. The van der Waals surface area contributed by atoms with Gasteiger partial charge in [-0.1, -0.05) is 0 Å². The Kier molecular flexibility index (Phi) is 6.17. The zero-order chi connectivity index (χ0) is 11.1. The Balaban J connectivity index is 2.07. The molecule has 4 heteroatoms. The van der Waals surface area contributed by atoms with Gasteiger partial charge in [0.2, 0.25) is 0 Å². The molecule has 1 aliphatic rings. The van der Waals surface area contributed by atoms with E-state index in [-0.39, 0.29) is 6.10 Å². The van der Waals surface area contributed by atoms with Gasteiger partial charge < -0.3 is 20.1 Å². The molecule has 0 aromatic heterocycles. The van der Waals surface area contributed by atoms with Crippen LogP contribution in [0, 0.1) is 0 Å². The van der Waals surface area contributed by atoms with Gasteiger partial charge in [0, 0.05) is 26.2 Å². The average Bonchev–Trinajstić information content (AvgIpc) is 2.25. The van der Waals surface area contributed by atoms with Crippen LogP contribution in [0.3, 0.4) is 0 Å². The van der Waals surface area contributed by atoms with Gasteiger partial charge in [0.25, 0.3) is 0 Å². The van der Waals surface area contributed by atoms with Crippen LogP contribution >= 0.6 is 0 Å². The summed E-state index contributed by atoms with van der Waals surface area (Å²) in [6.07, 6.45) is 2.11. The van der Waals surface area contributed by atoms with Crippen molar-refractivity contribution in [1.82, 2.24) is 10.2 Å². The summed E-state index contributed by atoms with van der Waals surface area (Å²) in [6.45, 7) is 6.68. The second kappa shape index (κ2) is 7.17. The highest BCUT2D eigenvalue weighted by Gasteiger charge is 2.18. The number of likely N-dealkylation sites (tertiary alicyclic amines) is 1. The van der Waals surface area contributed by atoms with E-state index in [9.17, 15) is 0 Å². The van der Waals surface area contributed by atoms with Crippen LogP contribution in [-0.2, 0) is 4.74 Å². The summed E-state index contributed by atoms with van der Waals surface area (Å²) in [5, 5.41) is 12.6. The highest BCUT2D eigenvalue weighted by Crippen LogP contribution is 2.09. The summed E-state index contributed by atoms with van der Waals surface area (Å²) in [6, 6.07) is 0.582. The van der Waals surface area contributed by atoms with E-state index in [1.54, 1.807) is 7.11 Å². The maximum Gasteiger partial charge on any atom is 0.0636 e. The van der Waals surface area contributed by atoms with E-state index < -0.39 is 0 Å². The monoisotopic (exact) mass is 216 g/mol. The normalized spacial score (nSPS) is 21.8. The molecule has 1 saturated heterocycles. The fourth-order valence-electron chi connectivity index (χ4n) is 1.92. The van der Waals surface area contributed by atoms with Crippen molar-refractivity contribution in [3.05, 3.63) is 0 Å². The van der Waals surface area contributed by atoms with Crippen molar-refractivity contribution in [1.29, 1.82) is 0 Å². The molecule has 1 unspecified atom stereocenters. The summed E-state index contributed by atoms with van der Waals surface area (Å²) in [4.78, 5) is 2.43. The first-order valence-electron chi connectivity index (χ1n) is 5.85. The summed E-state index contributed by atoms with van der Waals surface area (Å²) in [5.74, 6) is 0. The second-order valence-electron chi connectivity index (χ2n) is 4.37. The van der Waals surface area contributed by atoms with Gasteiger partial charge >= 0.3 is 0 Å². The van der Waals surface area contributed by atoms with Gasteiger partial charge in [-0.2, -0.15) is 0 Å². The van der Waals surface area contributed by atoms with Crippen LogP contribution in [0.15, 0.2) is 0 Å². The highest BCUT2D eigenvalue weighted by molar-refractivity contribution is 4.77. The molecule has 0 radical (unpaired) electrons. The van der Waals surface area contributed by atoms with Crippen molar-refractivity contribution in [2.45, 2.75) is 31.9 Å². The predicted molar refractivity (Wildman–Crippen MR) is 61.0 cm³/mol. The minimum Gasteiger partial charge on any atom is -0.392 e. The van der Waals surface area contributed by atoms with Crippen molar-refractivity contribution in [3.63, 3.8) is 0 Å². The number of hydrogen-bond acceptors (Lipinski definition) is 4. The van der Waals surface area contributed by atoms with E-state index in [0.29, 0.717) is 12.6 Å². The molecule has 1 fully saturated rings. The molecule has 1 atom stereocenters. The first kappa shape index (κ1) is 12.9. The lowest BCUT2D eigenvalue weighted by Crippen LogP contribution is -2.45. The largest absolute Gasteiger partial charge is 0.392 e. The van der Waals surface area contributed by atoms with Gasteiger partial charge in [0.1, 0.15) is 0 Å². The summed E-state index contributed by atoms with van der Waals surface area (Å²) < 4.78 is 5.06. The molecule has 15 heavy (non-hydrogen) atoms. The van der Waals surface area contributed by atoms with Crippen LogP contribution in [0.1, 0.15) is 19.8 Å². The lowest BCUT2D eigenvalue weighted by Gasteiger charge is -2.32. The van der Waals surface area contributed by atoms with Crippen LogP contribution in [0.25, 0.3) is 0 Å². The molecular weight excluding hydrogens is 192 g/mol. The van der Waals surface area contributed by atoms with Gasteiger partial charge in [-0.25, -0.2) is 0 Å². The molecule has 1 aliphatic heterocycles. The molecule has 0 aromatic carbocycles. The number of hydrogen-bond donors (Lipinski definition) is 2. The standard InChI is InChI=1S/C11H24N2O2/c1-10(14)9-12-11-3-5-13(6-4-11)7-8-15-2/h10-12,14H,3-9H2,1-2H3. The highest BCUT2D eigenvalue weighted by atomic mass is 16.5. The number of rotatable bonds is 6. The molecule has 0 saturated carbocycles. The third-order valence-corrected chi connectivity index (χ3v) is 2.90. The zero-order valence-corrected chi connectivity index (χ0v) is 9.91. The molecule has 0 aromatic rings. The van der Waals surface area contributed by atoms with Crippen molar-refractivity contribution in [3.8, 4) is 0 Å². The van der Waals surface area contributed by atoms with Gasteiger partial charge in [-0.15, -0.1) is 0 Å². The number of aliphatic hydroxyl groups excluding tert-OH is 1. The minimum absolute atomic E-state index is 0.239.